The van der Waals surface area contributed by atoms with Crippen molar-refractivity contribution >= 4 is 0 Å². The first kappa shape index (κ1) is 10.7. The van der Waals surface area contributed by atoms with Gasteiger partial charge < -0.3 is 0 Å². The van der Waals surface area contributed by atoms with Crippen LogP contribution in [0.25, 0.3) is 0 Å². The van der Waals surface area contributed by atoms with Crippen LogP contribution in [0.15, 0.2) is 11.1 Å². The first-order chi connectivity index (χ1) is 4.76. The van der Waals surface area contributed by atoms with Gasteiger partial charge in [-0.05, 0) is 25.2 Å². The van der Waals surface area contributed by atoms with E-state index in [0.717, 1.165) is 0 Å². The number of allylic oxidation sites excluding steroid dienone is 2. The summed E-state index contributed by atoms with van der Waals surface area (Å²) in [6.45, 7) is 15.8. The molecule has 0 N–H and O–H groups in total. The van der Waals surface area contributed by atoms with Gasteiger partial charge in [-0.1, -0.05) is 45.8 Å². The maximum absolute atomic E-state index is 2.27. The summed E-state index contributed by atoms with van der Waals surface area (Å²) in [5.74, 6) is 0.689. The Balaban J connectivity index is 4.67. The second-order valence-electron chi connectivity index (χ2n) is 4.71. The molecule has 0 aliphatic rings. The first-order valence-corrected chi connectivity index (χ1v) is 4.44. The van der Waals surface area contributed by atoms with Gasteiger partial charge in [0, 0.05) is 0 Å². The number of rotatable bonds is 1. The Morgan fingerprint density at radius 3 is 1.45 bits per heavy atom. The summed E-state index contributed by atoms with van der Waals surface area (Å²) in [5, 5.41) is 0. The van der Waals surface area contributed by atoms with E-state index in [-0.39, 0.29) is 0 Å². The Morgan fingerprint density at radius 1 is 1.00 bits per heavy atom. The van der Waals surface area contributed by atoms with Gasteiger partial charge in [0.05, 0.1) is 0 Å². The highest BCUT2D eigenvalue weighted by atomic mass is 14.2. The van der Waals surface area contributed by atoms with Gasteiger partial charge in [0.25, 0.3) is 0 Å². The van der Waals surface area contributed by atoms with Crippen LogP contribution in [0.1, 0.15) is 48.5 Å². The maximum atomic E-state index is 2.27. The van der Waals surface area contributed by atoms with Crippen LogP contribution in [-0.2, 0) is 0 Å². The van der Waals surface area contributed by atoms with E-state index in [9.17, 15) is 0 Å². The normalized spacial score (nSPS) is 15.3. The molecule has 66 valence electrons. The van der Waals surface area contributed by atoms with Crippen molar-refractivity contribution in [3.8, 4) is 0 Å². The van der Waals surface area contributed by atoms with Gasteiger partial charge in [0.15, 0.2) is 0 Å². The van der Waals surface area contributed by atoms with E-state index in [2.05, 4.69) is 48.5 Å². The van der Waals surface area contributed by atoms with Crippen LogP contribution in [0.4, 0.5) is 0 Å². The fourth-order valence-electron chi connectivity index (χ4n) is 1.02. The second kappa shape index (κ2) is 3.42. The third kappa shape index (κ3) is 3.09. The van der Waals surface area contributed by atoms with Crippen molar-refractivity contribution in [2.24, 2.45) is 11.3 Å². The molecule has 0 aromatic heterocycles. The summed E-state index contributed by atoms with van der Waals surface area (Å²) < 4.78 is 0. The van der Waals surface area contributed by atoms with Crippen LogP contribution >= 0.6 is 0 Å². The topological polar surface area (TPSA) is 0 Å². The summed E-state index contributed by atoms with van der Waals surface area (Å²) in [4.78, 5) is 0. The summed E-state index contributed by atoms with van der Waals surface area (Å²) in [5.41, 5.74) is 3.42. The Kier molecular flexibility index (Phi) is 3.34. The lowest BCUT2D eigenvalue weighted by molar-refractivity contribution is 0.489. The molecule has 0 spiro atoms. The highest BCUT2D eigenvalue weighted by Crippen LogP contribution is 2.29. The van der Waals surface area contributed by atoms with Gasteiger partial charge >= 0.3 is 0 Å². The molecule has 0 nitrogen and oxygen atoms in total. The first-order valence-electron chi connectivity index (χ1n) is 4.44. The molecule has 0 fully saturated rings. The van der Waals surface area contributed by atoms with Crippen molar-refractivity contribution in [2.45, 2.75) is 48.5 Å². The van der Waals surface area contributed by atoms with Crippen molar-refractivity contribution in [1.29, 1.82) is 0 Å². The predicted octanol–water partition coefficient (Wildman–Crippen LogP) is 4.02. The molecule has 0 saturated heterocycles. The zero-order valence-electron chi connectivity index (χ0n) is 9.08. The molecule has 0 amide bonds. The molecule has 0 saturated carbocycles. The fraction of sp³-hybridized carbons (Fsp3) is 0.818. The molecule has 0 aliphatic heterocycles. The molecule has 0 atom stereocenters. The number of hydrogen-bond donors (Lipinski definition) is 0. The lowest BCUT2D eigenvalue weighted by Gasteiger charge is -2.24. The molecule has 0 bridgehead atoms. The van der Waals surface area contributed by atoms with E-state index >= 15 is 0 Å². The Bertz CT molecular complexity index is 153. The van der Waals surface area contributed by atoms with E-state index in [1.165, 1.54) is 11.1 Å². The Morgan fingerprint density at radius 2 is 1.36 bits per heavy atom. The smallest absolute Gasteiger partial charge is 0.0173 e. The zero-order valence-corrected chi connectivity index (χ0v) is 9.08. The average Bonchev–Trinajstić information content (AvgIpc) is 1.82. The SMILES string of the molecule is C/C(=C(/C)C(C)(C)C)C(C)C. The van der Waals surface area contributed by atoms with Crippen LogP contribution < -0.4 is 0 Å². The monoisotopic (exact) mass is 154 g/mol. The average molecular weight is 154 g/mol. The molecule has 0 aliphatic carbocycles. The van der Waals surface area contributed by atoms with Gasteiger partial charge in [-0.15, -0.1) is 0 Å². The highest BCUT2D eigenvalue weighted by Gasteiger charge is 2.15. The molecule has 0 unspecified atom stereocenters. The van der Waals surface area contributed by atoms with E-state index < -0.39 is 0 Å². The molecule has 11 heavy (non-hydrogen) atoms. The quantitative estimate of drug-likeness (QED) is 0.500. The fourth-order valence-corrected chi connectivity index (χ4v) is 1.02. The van der Waals surface area contributed by atoms with E-state index in [1.54, 1.807) is 0 Å². The minimum Gasteiger partial charge on any atom is -0.0713 e. The highest BCUT2D eigenvalue weighted by molar-refractivity contribution is 5.17. The summed E-state index contributed by atoms with van der Waals surface area (Å²) in [6.07, 6.45) is 0. The van der Waals surface area contributed by atoms with E-state index in [0.29, 0.717) is 11.3 Å². The molecule has 0 aromatic rings. The Hall–Kier alpha value is -0.260. The molecule has 0 heteroatoms. The van der Waals surface area contributed by atoms with Gasteiger partial charge in [0.2, 0.25) is 0 Å². The summed E-state index contributed by atoms with van der Waals surface area (Å²) in [6, 6.07) is 0. The van der Waals surface area contributed by atoms with Gasteiger partial charge in [-0.2, -0.15) is 0 Å². The standard InChI is InChI=1S/C11H22/c1-8(2)9(3)10(4)11(5,6)7/h8H,1-7H3/b10-9+. The minimum absolute atomic E-state index is 0.342. The van der Waals surface area contributed by atoms with Crippen molar-refractivity contribution in [3.63, 3.8) is 0 Å². The lowest BCUT2D eigenvalue weighted by atomic mass is 9.82. The third-order valence-electron chi connectivity index (χ3n) is 2.58. The van der Waals surface area contributed by atoms with Gasteiger partial charge in [-0.25, -0.2) is 0 Å². The molecule has 0 radical (unpaired) electrons. The van der Waals surface area contributed by atoms with Crippen LogP contribution in [0.5, 0.6) is 0 Å². The van der Waals surface area contributed by atoms with Crippen molar-refractivity contribution < 1.29 is 0 Å². The number of hydrogen-bond acceptors (Lipinski definition) is 0. The lowest BCUT2D eigenvalue weighted by Crippen LogP contribution is -2.10. The van der Waals surface area contributed by atoms with Crippen molar-refractivity contribution in [2.75, 3.05) is 0 Å². The molecule has 0 aromatic carbocycles. The van der Waals surface area contributed by atoms with Crippen LogP contribution in [0.2, 0.25) is 0 Å². The molecular weight excluding hydrogens is 132 g/mol. The zero-order chi connectivity index (χ0) is 9.23. The van der Waals surface area contributed by atoms with Crippen LogP contribution in [0, 0.1) is 11.3 Å². The van der Waals surface area contributed by atoms with Crippen LogP contribution in [-0.4, -0.2) is 0 Å². The van der Waals surface area contributed by atoms with Gasteiger partial charge in [0.1, 0.15) is 0 Å². The maximum Gasteiger partial charge on any atom is -0.0173 e. The second-order valence-corrected chi connectivity index (χ2v) is 4.71. The molecular formula is C11H22. The summed E-state index contributed by atoms with van der Waals surface area (Å²) >= 11 is 0. The molecule has 0 rings (SSSR count). The van der Waals surface area contributed by atoms with Crippen molar-refractivity contribution in [3.05, 3.63) is 11.1 Å². The molecule has 0 heterocycles. The minimum atomic E-state index is 0.342. The third-order valence-corrected chi connectivity index (χ3v) is 2.58. The van der Waals surface area contributed by atoms with E-state index in [1.807, 2.05) is 0 Å². The van der Waals surface area contributed by atoms with Gasteiger partial charge in [-0.3, -0.25) is 0 Å². The predicted molar refractivity (Wildman–Crippen MR) is 52.7 cm³/mol. The largest absolute Gasteiger partial charge is 0.0713 e. The summed E-state index contributed by atoms with van der Waals surface area (Å²) in [7, 11) is 0. The van der Waals surface area contributed by atoms with Crippen LogP contribution in [0.3, 0.4) is 0 Å². The van der Waals surface area contributed by atoms with E-state index in [4.69, 9.17) is 0 Å². The Labute approximate surface area is 71.7 Å². The van der Waals surface area contributed by atoms with Crippen molar-refractivity contribution in [1.82, 2.24) is 0 Å².